The lowest BCUT2D eigenvalue weighted by Crippen LogP contribution is -2.34. The molecule has 0 spiro atoms. The van der Waals surface area contributed by atoms with Crippen LogP contribution < -0.4 is 10.1 Å². The van der Waals surface area contributed by atoms with Crippen molar-refractivity contribution in [2.75, 3.05) is 7.11 Å². The van der Waals surface area contributed by atoms with Gasteiger partial charge in [0.2, 0.25) is 5.91 Å². The van der Waals surface area contributed by atoms with Gasteiger partial charge in [0, 0.05) is 24.5 Å². The minimum atomic E-state index is -1.09. The molecule has 0 unspecified atom stereocenters. The zero-order valence-corrected chi connectivity index (χ0v) is 14.4. The summed E-state index contributed by atoms with van der Waals surface area (Å²) in [5, 5.41) is 13.0. The van der Waals surface area contributed by atoms with Gasteiger partial charge in [0.1, 0.15) is 5.75 Å². The highest BCUT2D eigenvalue weighted by Gasteiger charge is 2.21. The maximum atomic E-state index is 12.3. The highest BCUT2D eigenvalue weighted by Crippen LogP contribution is 2.26. The number of carbonyl (C=O) groups excluding carboxylic acids is 1. The van der Waals surface area contributed by atoms with E-state index < -0.39 is 12.0 Å². The Kier molecular flexibility index (Phi) is 5.22. The van der Waals surface area contributed by atoms with Crippen molar-refractivity contribution in [2.45, 2.75) is 19.0 Å². The molecule has 6 heteroatoms. The van der Waals surface area contributed by atoms with Crippen LogP contribution in [0, 0.1) is 0 Å². The van der Waals surface area contributed by atoms with E-state index in [9.17, 15) is 14.7 Å². The monoisotopic (exact) mass is 352 g/mol. The van der Waals surface area contributed by atoms with E-state index in [0.717, 1.165) is 16.7 Å². The smallest absolute Gasteiger partial charge is 0.330 e. The van der Waals surface area contributed by atoms with Crippen LogP contribution in [0.1, 0.15) is 18.0 Å². The van der Waals surface area contributed by atoms with E-state index in [0.29, 0.717) is 12.1 Å². The third-order valence-corrected chi connectivity index (χ3v) is 4.24. The first-order valence-electron chi connectivity index (χ1n) is 8.29. The molecule has 2 aromatic carbocycles. The topological polar surface area (TPSA) is 80.6 Å². The van der Waals surface area contributed by atoms with Crippen LogP contribution in [0.4, 0.5) is 0 Å². The van der Waals surface area contributed by atoms with Gasteiger partial charge in [-0.15, -0.1) is 0 Å². The van der Waals surface area contributed by atoms with Crippen molar-refractivity contribution in [2.24, 2.45) is 0 Å². The molecule has 0 fully saturated rings. The molecule has 1 amide bonds. The predicted molar refractivity (Wildman–Crippen MR) is 98.1 cm³/mol. The molecular weight excluding hydrogens is 332 g/mol. The van der Waals surface area contributed by atoms with E-state index in [-0.39, 0.29) is 12.3 Å². The van der Waals surface area contributed by atoms with Crippen LogP contribution in [-0.2, 0) is 16.1 Å². The summed E-state index contributed by atoms with van der Waals surface area (Å²) in [7, 11) is 1.61. The molecule has 0 aliphatic carbocycles. The van der Waals surface area contributed by atoms with Crippen LogP contribution >= 0.6 is 0 Å². The minimum absolute atomic E-state index is 0.165. The number of carboxylic acid groups (broad SMARTS) is 1. The molecule has 0 saturated heterocycles. The number of hydrogen-bond donors (Lipinski definition) is 2. The van der Waals surface area contributed by atoms with Gasteiger partial charge in [-0.25, -0.2) is 4.79 Å². The number of hydrogen-bond acceptors (Lipinski definition) is 3. The van der Waals surface area contributed by atoms with Crippen LogP contribution in [0.2, 0.25) is 0 Å². The fourth-order valence-corrected chi connectivity index (χ4v) is 2.97. The van der Waals surface area contributed by atoms with Gasteiger partial charge in [-0.05, 0) is 17.7 Å². The van der Waals surface area contributed by atoms with Crippen molar-refractivity contribution in [1.82, 2.24) is 9.88 Å². The lowest BCUT2D eigenvalue weighted by molar-refractivity contribution is -0.142. The van der Waals surface area contributed by atoms with Crippen molar-refractivity contribution in [3.05, 3.63) is 66.4 Å². The molecule has 1 aromatic heterocycles. The minimum Gasteiger partial charge on any atom is -0.495 e. The van der Waals surface area contributed by atoms with Crippen molar-refractivity contribution >= 4 is 22.8 Å². The van der Waals surface area contributed by atoms with Gasteiger partial charge in [-0.3, -0.25) is 4.79 Å². The van der Waals surface area contributed by atoms with E-state index in [1.54, 1.807) is 37.4 Å². The van der Waals surface area contributed by atoms with Crippen molar-refractivity contribution < 1.29 is 19.4 Å². The number of fused-ring (bicyclic) bond motifs is 1. The number of carbonyl (C=O) groups is 2. The van der Waals surface area contributed by atoms with Crippen LogP contribution in [0.3, 0.4) is 0 Å². The molecule has 3 rings (SSSR count). The molecule has 0 radical (unpaired) electrons. The number of aryl methyl sites for hydroxylation is 1. The summed E-state index contributed by atoms with van der Waals surface area (Å²) in [5.41, 5.74) is 1.46. The lowest BCUT2D eigenvalue weighted by atomic mass is 10.1. The number of aromatic nitrogens is 1. The third-order valence-electron chi connectivity index (χ3n) is 4.24. The molecule has 3 aromatic rings. The van der Waals surface area contributed by atoms with Crippen LogP contribution in [0.5, 0.6) is 5.75 Å². The molecule has 0 bridgehead atoms. The fraction of sp³-hybridized carbons (Fsp3) is 0.200. The highest BCUT2D eigenvalue weighted by molar-refractivity contribution is 5.87. The van der Waals surface area contributed by atoms with E-state index in [1.807, 2.05) is 35.0 Å². The number of rotatable bonds is 7. The summed E-state index contributed by atoms with van der Waals surface area (Å²) in [6.45, 7) is 0.427. The largest absolute Gasteiger partial charge is 0.495 e. The second kappa shape index (κ2) is 7.74. The van der Waals surface area contributed by atoms with E-state index in [4.69, 9.17) is 4.74 Å². The molecule has 6 nitrogen and oxygen atoms in total. The highest BCUT2D eigenvalue weighted by atomic mass is 16.5. The number of ether oxygens (including phenoxy) is 1. The Bertz CT molecular complexity index is 918. The molecule has 0 aliphatic heterocycles. The molecule has 1 atom stereocenters. The van der Waals surface area contributed by atoms with E-state index in [1.165, 1.54) is 0 Å². The van der Waals surface area contributed by atoms with Gasteiger partial charge in [0.15, 0.2) is 6.04 Å². The normalized spacial score (nSPS) is 11.9. The van der Waals surface area contributed by atoms with Crippen molar-refractivity contribution in [3.8, 4) is 5.75 Å². The van der Waals surface area contributed by atoms with E-state index >= 15 is 0 Å². The summed E-state index contributed by atoms with van der Waals surface area (Å²) in [6.07, 6.45) is 2.06. The number of carboxylic acids is 1. The van der Waals surface area contributed by atoms with Gasteiger partial charge in [0.05, 0.1) is 12.6 Å². The molecule has 26 heavy (non-hydrogen) atoms. The number of aliphatic carboxylic acids is 1. The SMILES string of the molecule is COc1cccc2ccn(CCC(=O)N[C@@H](C(=O)O)c3ccccc3)c12. The Labute approximate surface area is 151 Å². The van der Waals surface area contributed by atoms with Crippen LogP contribution in [-0.4, -0.2) is 28.7 Å². The first kappa shape index (κ1) is 17.5. The summed E-state index contributed by atoms with van der Waals surface area (Å²) in [6, 6.07) is 15.3. The Morgan fingerprint density at radius 2 is 1.88 bits per heavy atom. The third kappa shape index (κ3) is 3.69. The number of nitrogens with zero attached hydrogens (tertiary/aromatic N) is 1. The number of nitrogens with one attached hydrogen (secondary N) is 1. The van der Waals surface area contributed by atoms with Crippen molar-refractivity contribution in [3.63, 3.8) is 0 Å². The first-order chi connectivity index (χ1) is 12.6. The summed E-state index contributed by atoms with van der Waals surface area (Å²) >= 11 is 0. The number of para-hydroxylation sites is 1. The van der Waals surface area contributed by atoms with Gasteiger partial charge < -0.3 is 19.7 Å². The molecule has 1 heterocycles. The second-order valence-corrected chi connectivity index (χ2v) is 5.91. The summed E-state index contributed by atoms with van der Waals surface area (Å²) in [5.74, 6) is -0.670. The number of amides is 1. The Morgan fingerprint density at radius 1 is 1.12 bits per heavy atom. The van der Waals surface area contributed by atoms with Gasteiger partial charge >= 0.3 is 5.97 Å². The first-order valence-corrected chi connectivity index (χ1v) is 8.29. The Hall–Kier alpha value is -3.28. The average Bonchev–Trinajstić information content (AvgIpc) is 3.08. The number of methoxy groups -OCH3 is 1. The summed E-state index contributed by atoms with van der Waals surface area (Å²) < 4.78 is 7.32. The van der Waals surface area contributed by atoms with Crippen LogP contribution in [0.25, 0.3) is 10.9 Å². The molecule has 0 aliphatic rings. The Balaban J connectivity index is 1.70. The predicted octanol–water partition coefficient (Wildman–Crippen LogP) is 2.98. The summed E-state index contributed by atoms with van der Waals surface area (Å²) in [4.78, 5) is 23.8. The Morgan fingerprint density at radius 3 is 2.58 bits per heavy atom. The zero-order chi connectivity index (χ0) is 18.5. The quantitative estimate of drug-likeness (QED) is 0.685. The molecule has 0 saturated carbocycles. The number of benzene rings is 2. The van der Waals surface area contributed by atoms with Gasteiger partial charge in [-0.1, -0.05) is 42.5 Å². The standard InChI is InChI=1S/C20H20N2O4/c1-26-16-9-5-8-15-10-12-22(19(15)16)13-11-17(23)21-18(20(24)25)14-6-3-2-4-7-14/h2-10,12,18H,11,13H2,1H3,(H,21,23)(H,24,25)/t18-/m1/s1. The zero-order valence-electron chi connectivity index (χ0n) is 14.4. The lowest BCUT2D eigenvalue weighted by Gasteiger charge is -2.15. The molecule has 2 N–H and O–H groups in total. The van der Waals surface area contributed by atoms with Crippen LogP contribution in [0.15, 0.2) is 60.8 Å². The van der Waals surface area contributed by atoms with E-state index in [2.05, 4.69) is 5.32 Å². The maximum Gasteiger partial charge on any atom is 0.330 e. The molecular formula is C20H20N2O4. The van der Waals surface area contributed by atoms with Crippen molar-refractivity contribution in [1.29, 1.82) is 0 Å². The second-order valence-electron chi connectivity index (χ2n) is 5.91. The maximum absolute atomic E-state index is 12.3. The average molecular weight is 352 g/mol. The van der Waals surface area contributed by atoms with Gasteiger partial charge in [-0.2, -0.15) is 0 Å². The fourth-order valence-electron chi connectivity index (χ4n) is 2.97. The molecule has 134 valence electrons. The van der Waals surface area contributed by atoms with Gasteiger partial charge in [0.25, 0.3) is 0 Å².